The number of fused-ring (bicyclic) bond motifs is 2. The Bertz CT molecular complexity index is 1380. The summed E-state index contributed by atoms with van der Waals surface area (Å²) < 4.78 is 0. The molecule has 10 heteroatoms. The zero-order valence-electron chi connectivity index (χ0n) is 21.1. The maximum Gasteiger partial charge on any atom is 0.0890 e. The van der Waals surface area contributed by atoms with Crippen molar-refractivity contribution in [2.24, 2.45) is 0 Å². The molecule has 2 N–H and O–H groups in total. The number of nitrogens with one attached hydrogen (secondary N) is 2. The van der Waals surface area contributed by atoms with Gasteiger partial charge < -0.3 is 20.6 Å². The molecule has 0 unspecified atom stereocenters. The van der Waals surface area contributed by atoms with Crippen molar-refractivity contribution in [1.29, 1.82) is 0 Å². The van der Waals surface area contributed by atoms with Gasteiger partial charge in [0.2, 0.25) is 0 Å². The fourth-order valence-corrected chi connectivity index (χ4v) is 5.28. The summed E-state index contributed by atoms with van der Waals surface area (Å²) in [5, 5.41) is 9.31. The molecule has 38 heavy (non-hydrogen) atoms. The Morgan fingerprint density at radius 2 is 0.974 bits per heavy atom. The third-order valence-electron chi connectivity index (χ3n) is 7.15. The molecule has 2 aliphatic rings. The molecule has 192 valence electrons. The number of imidazole rings is 2. The van der Waals surface area contributed by atoms with Crippen LogP contribution in [0, 0.1) is 0 Å². The standard InChI is InChI=1S/C28H26N6.2H2S.2Y/c1-3-23(29-13-1)27-31-21-11-9-19(15-25(21)33-27)17-5-7-18(8-6-17)20-10-12-22-26(16-20)34-28(32-22)24-4-2-14-30-24;;;;/h5-12,15-16,23-24H,1-4,13-14H2,(H,31,33)(H,32,34);2*1H2;;/q-2;;;;/t23-,24-;;;;/m0..../s1. The van der Waals surface area contributed by atoms with Crippen LogP contribution in [0.4, 0.5) is 0 Å². The fraction of sp³-hybridized carbons (Fsp3) is 0.286. The van der Waals surface area contributed by atoms with Gasteiger partial charge in [-0.1, -0.05) is 74.2 Å². The van der Waals surface area contributed by atoms with E-state index in [1.54, 1.807) is 0 Å². The summed E-state index contributed by atoms with van der Waals surface area (Å²) in [7, 11) is 0. The summed E-state index contributed by atoms with van der Waals surface area (Å²) in [5.41, 5.74) is 8.94. The van der Waals surface area contributed by atoms with Crippen molar-refractivity contribution in [2.75, 3.05) is 13.1 Å². The summed E-state index contributed by atoms with van der Waals surface area (Å²) >= 11 is 0. The normalized spacial score (nSPS) is 18.4. The minimum Gasteiger partial charge on any atom is -0.653 e. The van der Waals surface area contributed by atoms with Crippen molar-refractivity contribution in [3.05, 3.63) is 82.9 Å². The van der Waals surface area contributed by atoms with E-state index in [2.05, 4.69) is 81.3 Å². The van der Waals surface area contributed by atoms with E-state index in [4.69, 9.17) is 9.97 Å². The van der Waals surface area contributed by atoms with Crippen molar-refractivity contribution in [3.63, 3.8) is 0 Å². The zero-order chi connectivity index (χ0) is 22.5. The minimum atomic E-state index is 0. The van der Waals surface area contributed by atoms with Gasteiger partial charge in [-0.3, -0.25) is 0 Å². The molecule has 2 aliphatic heterocycles. The van der Waals surface area contributed by atoms with E-state index >= 15 is 0 Å². The fourth-order valence-electron chi connectivity index (χ4n) is 5.28. The molecule has 0 saturated carbocycles. The van der Waals surface area contributed by atoms with Gasteiger partial charge in [0.1, 0.15) is 0 Å². The molecule has 5 aromatic rings. The van der Waals surface area contributed by atoms with E-state index in [0.717, 1.165) is 72.5 Å². The van der Waals surface area contributed by atoms with Crippen LogP contribution >= 0.6 is 27.0 Å². The number of H-pyrrole nitrogens is 2. The Hall–Kier alpha value is -0.572. The molecule has 2 fully saturated rings. The first-order valence-corrected chi connectivity index (χ1v) is 12.2. The van der Waals surface area contributed by atoms with Crippen LogP contribution in [0.2, 0.25) is 0 Å². The van der Waals surface area contributed by atoms with Gasteiger partial charge in [-0.25, -0.2) is 9.97 Å². The molecule has 2 radical (unpaired) electrons. The molecular formula is C28H30N6S2Y2-2. The predicted molar refractivity (Wildman–Crippen MR) is 158 cm³/mol. The van der Waals surface area contributed by atoms with Crippen LogP contribution < -0.4 is 0 Å². The number of hydrogen-bond acceptors (Lipinski definition) is 2. The number of rotatable bonds is 4. The minimum absolute atomic E-state index is 0. The average molecular weight is 693 g/mol. The Morgan fingerprint density at radius 1 is 0.579 bits per heavy atom. The molecule has 0 amide bonds. The van der Waals surface area contributed by atoms with Gasteiger partial charge in [0.25, 0.3) is 0 Å². The number of nitrogens with zero attached hydrogens (tertiary/aromatic N) is 4. The maximum absolute atomic E-state index is 4.77. The molecule has 0 aliphatic carbocycles. The van der Waals surface area contributed by atoms with Gasteiger partial charge in [-0.15, -0.1) is 13.1 Å². The van der Waals surface area contributed by atoms with Crippen LogP contribution in [0.3, 0.4) is 0 Å². The molecular weight excluding hydrogens is 662 g/mol. The second-order valence-corrected chi connectivity index (χ2v) is 9.41. The number of hydrogen-bond donors (Lipinski definition) is 2. The smallest absolute Gasteiger partial charge is 0.0890 e. The third kappa shape index (κ3) is 6.33. The van der Waals surface area contributed by atoms with Gasteiger partial charge in [-0.2, -0.15) is 27.0 Å². The second-order valence-electron chi connectivity index (χ2n) is 9.41. The summed E-state index contributed by atoms with van der Waals surface area (Å²) in [6.07, 6.45) is 4.50. The van der Waals surface area contributed by atoms with E-state index in [1.807, 2.05) is 0 Å². The van der Waals surface area contributed by atoms with Gasteiger partial charge in [0, 0.05) is 65.4 Å². The van der Waals surface area contributed by atoms with Gasteiger partial charge in [0.05, 0.1) is 33.7 Å². The Labute approximate surface area is 287 Å². The van der Waals surface area contributed by atoms with E-state index in [1.165, 1.54) is 22.3 Å². The third-order valence-corrected chi connectivity index (χ3v) is 7.15. The van der Waals surface area contributed by atoms with Gasteiger partial charge >= 0.3 is 0 Å². The quantitative estimate of drug-likeness (QED) is 0.206. The van der Waals surface area contributed by atoms with E-state index < -0.39 is 0 Å². The van der Waals surface area contributed by atoms with Crippen molar-refractivity contribution in [1.82, 2.24) is 19.9 Å². The summed E-state index contributed by atoms with van der Waals surface area (Å²) in [4.78, 5) is 16.5. The Morgan fingerprint density at radius 3 is 1.34 bits per heavy atom. The van der Waals surface area contributed by atoms with Crippen molar-refractivity contribution in [2.45, 2.75) is 37.8 Å². The summed E-state index contributed by atoms with van der Waals surface area (Å²) in [6, 6.07) is 22.1. The van der Waals surface area contributed by atoms with Crippen molar-refractivity contribution >= 4 is 49.1 Å². The van der Waals surface area contributed by atoms with Crippen LogP contribution in [-0.2, 0) is 65.4 Å². The Kier molecular flexibility index (Phi) is 11.7. The summed E-state index contributed by atoms with van der Waals surface area (Å²) in [5.74, 6) is 2.00. The molecule has 0 spiro atoms. The van der Waals surface area contributed by atoms with Crippen LogP contribution in [0.5, 0.6) is 0 Å². The molecule has 2 saturated heterocycles. The van der Waals surface area contributed by atoms with Crippen molar-refractivity contribution < 1.29 is 65.4 Å². The van der Waals surface area contributed by atoms with Crippen molar-refractivity contribution in [3.8, 4) is 22.3 Å². The molecule has 0 bridgehead atoms. The number of benzene rings is 3. The predicted octanol–water partition coefficient (Wildman–Crippen LogP) is 7.41. The van der Waals surface area contributed by atoms with E-state index in [9.17, 15) is 0 Å². The second kappa shape index (κ2) is 13.9. The first-order chi connectivity index (χ1) is 16.8. The molecule has 4 heterocycles. The van der Waals surface area contributed by atoms with Crippen LogP contribution in [0.1, 0.15) is 49.4 Å². The average Bonchev–Trinajstić information content (AvgIpc) is 3.69. The van der Waals surface area contributed by atoms with Crippen LogP contribution in [0.25, 0.3) is 55.0 Å². The first kappa shape index (κ1) is 31.9. The number of aromatic amines is 2. The van der Waals surface area contributed by atoms with E-state index in [0.29, 0.717) is 0 Å². The largest absolute Gasteiger partial charge is 0.653 e. The van der Waals surface area contributed by atoms with Crippen LogP contribution in [0.15, 0.2) is 60.7 Å². The molecule has 3 aromatic carbocycles. The first-order valence-electron chi connectivity index (χ1n) is 12.2. The molecule has 2 aromatic heterocycles. The van der Waals surface area contributed by atoms with Gasteiger partial charge in [-0.05, 0) is 46.5 Å². The molecule has 7 rings (SSSR count). The molecule has 6 nitrogen and oxygen atoms in total. The van der Waals surface area contributed by atoms with Gasteiger partial charge in [0.15, 0.2) is 0 Å². The topological polar surface area (TPSA) is 85.6 Å². The Balaban J connectivity index is 0.000001000. The zero-order valence-corrected chi connectivity index (χ0v) is 28.8. The number of aromatic nitrogens is 4. The van der Waals surface area contributed by atoms with Crippen LogP contribution in [-0.4, -0.2) is 33.0 Å². The van der Waals surface area contributed by atoms with E-state index in [-0.39, 0.29) is 104 Å². The SMILES string of the molecule is S.S.[Y].[Y].c1cc(-c2ccc3nc([C@@H]4CCC[N-]4)[nH]c3c2)ccc1-c1ccc2nc([C@@H]3CCC[N-]3)[nH]c2c1. The molecule has 2 atom stereocenters. The maximum atomic E-state index is 4.77. The summed E-state index contributed by atoms with van der Waals surface area (Å²) in [6.45, 7) is 1.90. The monoisotopic (exact) mass is 692 g/mol.